The molecule has 2 N–H and O–H groups in total. The van der Waals surface area contributed by atoms with Gasteiger partial charge in [-0.25, -0.2) is 4.98 Å². The minimum atomic E-state index is -0.106. The van der Waals surface area contributed by atoms with Crippen molar-refractivity contribution in [2.45, 2.75) is 19.4 Å². The molecule has 0 aromatic carbocycles. The number of likely N-dealkylation sites (N-methyl/N-ethyl adjacent to an activating group) is 1. The highest BCUT2D eigenvalue weighted by Gasteiger charge is 2.23. The smallest absolute Gasteiger partial charge is 0.262 e. The maximum Gasteiger partial charge on any atom is 0.262 e. The molecule has 0 aliphatic heterocycles. The molecule has 1 rings (SSSR count). The lowest BCUT2D eigenvalue weighted by Gasteiger charge is -2.32. The van der Waals surface area contributed by atoms with Crippen LogP contribution in [0.1, 0.15) is 13.8 Å². The third-order valence-corrected chi connectivity index (χ3v) is 2.78. The zero-order chi connectivity index (χ0) is 13.1. The highest BCUT2D eigenvalue weighted by atomic mass is 16.5. The van der Waals surface area contributed by atoms with Crippen molar-refractivity contribution in [2.75, 3.05) is 33.5 Å². The number of rotatable bonds is 5. The first-order chi connectivity index (χ1) is 7.88. The van der Waals surface area contributed by atoms with Crippen LogP contribution in [0.3, 0.4) is 0 Å². The topological polar surface area (TPSA) is 73.5 Å². The summed E-state index contributed by atoms with van der Waals surface area (Å²) in [6.45, 7) is 4.63. The van der Waals surface area contributed by atoms with Crippen molar-refractivity contribution in [3.63, 3.8) is 0 Å². The maximum absolute atomic E-state index is 5.66. The summed E-state index contributed by atoms with van der Waals surface area (Å²) in [5.74, 6) is 1.03. The van der Waals surface area contributed by atoms with Gasteiger partial charge >= 0.3 is 0 Å². The van der Waals surface area contributed by atoms with Crippen molar-refractivity contribution in [3.05, 3.63) is 6.33 Å². The Morgan fingerprint density at radius 2 is 2.00 bits per heavy atom. The second-order valence-electron chi connectivity index (χ2n) is 4.59. The number of methoxy groups -OCH3 is 1. The molecule has 1 heterocycles. The summed E-state index contributed by atoms with van der Waals surface area (Å²) in [5, 5.41) is 0. The molecule has 0 unspecified atom stereocenters. The molecule has 0 saturated carbocycles. The van der Waals surface area contributed by atoms with E-state index in [0.29, 0.717) is 18.2 Å². The van der Waals surface area contributed by atoms with E-state index in [1.54, 1.807) is 0 Å². The summed E-state index contributed by atoms with van der Waals surface area (Å²) in [5.41, 5.74) is 5.56. The molecule has 1 aromatic heterocycles. The Kier molecular flexibility index (Phi) is 4.11. The van der Waals surface area contributed by atoms with Crippen LogP contribution in [0.4, 0.5) is 5.82 Å². The number of nitrogens with two attached hydrogens (primary N) is 1. The van der Waals surface area contributed by atoms with E-state index in [0.717, 1.165) is 0 Å². The van der Waals surface area contributed by atoms with Crippen molar-refractivity contribution < 1.29 is 9.47 Å². The lowest BCUT2D eigenvalue weighted by atomic mass is 10.1. The molecule has 0 amide bonds. The van der Waals surface area contributed by atoms with Crippen molar-refractivity contribution in [2.24, 2.45) is 0 Å². The summed E-state index contributed by atoms with van der Waals surface area (Å²) >= 11 is 0. The number of nitrogen functional groups attached to an aromatic ring is 1. The molecule has 96 valence electrons. The Morgan fingerprint density at radius 1 is 1.35 bits per heavy atom. The highest BCUT2D eigenvalue weighted by molar-refractivity contribution is 5.51. The normalized spacial score (nSPS) is 11.6. The molecule has 0 bridgehead atoms. The molecular weight excluding hydrogens is 220 g/mol. The predicted octanol–water partition coefficient (Wildman–Crippen LogP) is 0.786. The van der Waals surface area contributed by atoms with Crippen molar-refractivity contribution in [3.8, 4) is 11.6 Å². The van der Waals surface area contributed by atoms with Crippen LogP contribution < -0.4 is 15.2 Å². The quantitative estimate of drug-likeness (QED) is 0.820. The van der Waals surface area contributed by atoms with Gasteiger partial charge in [0.15, 0.2) is 5.82 Å². The summed E-state index contributed by atoms with van der Waals surface area (Å²) in [4.78, 5) is 9.93. The standard InChI is InChI=1S/C11H20N4O2/c1-11(2,15(3)4)6-17-10-8(16-5)9(12)13-7-14-10/h7H,6H2,1-5H3,(H2,12,13,14). The number of hydrogen-bond acceptors (Lipinski definition) is 6. The fourth-order valence-corrected chi connectivity index (χ4v) is 1.04. The Labute approximate surface area is 102 Å². The van der Waals surface area contributed by atoms with E-state index < -0.39 is 0 Å². The van der Waals surface area contributed by atoms with Gasteiger partial charge in [-0.1, -0.05) is 0 Å². The molecule has 1 aromatic rings. The molecule has 0 atom stereocenters. The molecule has 6 nitrogen and oxygen atoms in total. The second kappa shape index (κ2) is 5.18. The molecule has 0 aliphatic carbocycles. The molecule has 0 spiro atoms. The van der Waals surface area contributed by atoms with Gasteiger partial charge in [0.25, 0.3) is 5.88 Å². The molecule has 0 fully saturated rings. The van der Waals surface area contributed by atoms with Gasteiger partial charge in [-0.15, -0.1) is 0 Å². The Bertz CT molecular complexity index is 380. The maximum atomic E-state index is 5.66. The Morgan fingerprint density at radius 3 is 2.53 bits per heavy atom. The van der Waals surface area contributed by atoms with E-state index in [1.807, 2.05) is 14.1 Å². The molecule has 17 heavy (non-hydrogen) atoms. The number of aromatic nitrogens is 2. The SMILES string of the molecule is COc1c(N)ncnc1OCC(C)(C)N(C)C. The van der Waals surface area contributed by atoms with Gasteiger partial charge in [-0.2, -0.15) is 4.98 Å². The van der Waals surface area contributed by atoms with E-state index in [9.17, 15) is 0 Å². The van der Waals surface area contributed by atoms with E-state index in [1.165, 1.54) is 13.4 Å². The van der Waals surface area contributed by atoms with Gasteiger partial charge in [0, 0.05) is 5.54 Å². The van der Waals surface area contributed by atoms with E-state index in [-0.39, 0.29) is 11.4 Å². The molecule has 6 heteroatoms. The summed E-state index contributed by atoms with van der Waals surface area (Å²) in [6, 6.07) is 0. The minimum Gasteiger partial charge on any atom is -0.489 e. The predicted molar refractivity (Wildman–Crippen MR) is 66.3 cm³/mol. The van der Waals surface area contributed by atoms with Crippen molar-refractivity contribution in [1.29, 1.82) is 0 Å². The third-order valence-electron chi connectivity index (χ3n) is 2.78. The third kappa shape index (κ3) is 3.20. The van der Waals surface area contributed by atoms with E-state index in [4.69, 9.17) is 15.2 Å². The van der Waals surface area contributed by atoms with Crippen LogP contribution in [-0.2, 0) is 0 Å². The first-order valence-corrected chi connectivity index (χ1v) is 5.33. The number of ether oxygens (including phenoxy) is 2. The van der Waals surface area contributed by atoms with E-state index >= 15 is 0 Å². The van der Waals surface area contributed by atoms with E-state index in [2.05, 4.69) is 28.7 Å². The van der Waals surface area contributed by atoms with Crippen LogP contribution in [0.2, 0.25) is 0 Å². The molecular formula is C11H20N4O2. The van der Waals surface area contributed by atoms with Crippen LogP contribution in [0.15, 0.2) is 6.33 Å². The van der Waals surface area contributed by atoms with Crippen LogP contribution in [0.5, 0.6) is 11.6 Å². The second-order valence-corrected chi connectivity index (χ2v) is 4.59. The van der Waals surface area contributed by atoms with Gasteiger partial charge in [0.2, 0.25) is 5.75 Å². The monoisotopic (exact) mass is 240 g/mol. The van der Waals surface area contributed by atoms with Crippen LogP contribution in [-0.4, -0.2) is 48.2 Å². The van der Waals surface area contributed by atoms with Gasteiger partial charge in [0.1, 0.15) is 12.9 Å². The van der Waals surface area contributed by atoms with Crippen LogP contribution in [0.25, 0.3) is 0 Å². The Balaban J connectivity index is 2.79. The lowest BCUT2D eigenvalue weighted by Crippen LogP contribution is -2.43. The lowest BCUT2D eigenvalue weighted by molar-refractivity contribution is 0.108. The first-order valence-electron chi connectivity index (χ1n) is 5.33. The van der Waals surface area contributed by atoms with Gasteiger partial charge in [-0.05, 0) is 27.9 Å². The van der Waals surface area contributed by atoms with Crippen molar-refractivity contribution in [1.82, 2.24) is 14.9 Å². The van der Waals surface area contributed by atoms with Gasteiger partial charge in [0.05, 0.1) is 7.11 Å². The first kappa shape index (κ1) is 13.5. The summed E-state index contributed by atoms with van der Waals surface area (Å²) in [7, 11) is 5.50. The Hall–Kier alpha value is -1.56. The fourth-order valence-electron chi connectivity index (χ4n) is 1.04. The van der Waals surface area contributed by atoms with Crippen LogP contribution >= 0.6 is 0 Å². The van der Waals surface area contributed by atoms with Gasteiger partial charge < -0.3 is 20.1 Å². The minimum absolute atomic E-state index is 0.106. The average Bonchev–Trinajstić information content (AvgIpc) is 2.26. The number of hydrogen-bond donors (Lipinski definition) is 1. The molecule has 0 saturated heterocycles. The van der Waals surface area contributed by atoms with Gasteiger partial charge in [-0.3, -0.25) is 0 Å². The molecule has 0 radical (unpaired) electrons. The number of anilines is 1. The summed E-state index contributed by atoms with van der Waals surface area (Å²) < 4.78 is 10.8. The largest absolute Gasteiger partial charge is 0.489 e. The average molecular weight is 240 g/mol. The zero-order valence-electron chi connectivity index (χ0n) is 11.0. The summed E-state index contributed by atoms with van der Waals surface area (Å²) in [6.07, 6.45) is 1.36. The zero-order valence-corrected chi connectivity index (χ0v) is 11.0. The van der Waals surface area contributed by atoms with Crippen LogP contribution in [0, 0.1) is 0 Å². The fraction of sp³-hybridized carbons (Fsp3) is 0.636. The molecule has 0 aliphatic rings. The highest BCUT2D eigenvalue weighted by Crippen LogP contribution is 2.29. The number of nitrogens with zero attached hydrogens (tertiary/aromatic N) is 3. The van der Waals surface area contributed by atoms with Crippen molar-refractivity contribution >= 4 is 5.82 Å².